The lowest BCUT2D eigenvalue weighted by Gasteiger charge is -2.12. The third kappa shape index (κ3) is 4.72. The zero-order valence-electron chi connectivity index (χ0n) is 15.4. The maximum absolute atomic E-state index is 12.3. The Hall–Kier alpha value is -3.39. The summed E-state index contributed by atoms with van der Waals surface area (Å²) in [6, 6.07) is 10.1. The summed E-state index contributed by atoms with van der Waals surface area (Å²) < 4.78 is 1.64. The molecule has 3 N–H and O–H groups in total. The van der Waals surface area contributed by atoms with Gasteiger partial charge in [-0.2, -0.15) is 5.10 Å². The molecule has 29 heavy (non-hydrogen) atoms. The van der Waals surface area contributed by atoms with E-state index in [1.165, 1.54) is 0 Å². The summed E-state index contributed by atoms with van der Waals surface area (Å²) in [4.78, 5) is 28.9. The number of aromatic nitrogens is 3. The molecule has 1 saturated carbocycles. The first-order chi connectivity index (χ1) is 14.1. The second-order valence-corrected chi connectivity index (χ2v) is 7.09. The van der Waals surface area contributed by atoms with Crippen molar-refractivity contribution in [3.63, 3.8) is 0 Å². The number of halogens is 1. The number of carbonyl (C=O) groups excluding carboxylic acids is 2. The van der Waals surface area contributed by atoms with Gasteiger partial charge in [0.05, 0.1) is 10.6 Å². The number of urea groups is 1. The van der Waals surface area contributed by atoms with E-state index in [1.54, 1.807) is 53.6 Å². The summed E-state index contributed by atoms with van der Waals surface area (Å²) in [6.45, 7) is 0.261. The highest BCUT2D eigenvalue weighted by molar-refractivity contribution is 6.34. The van der Waals surface area contributed by atoms with E-state index < -0.39 is 6.03 Å². The highest BCUT2D eigenvalue weighted by atomic mass is 35.5. The number of nitrogens with one attached hydrogen (secondary N) is 3. The van der Waals surface area contributed by atoms with Crippen LogP contribution in [0.25, 0.3) is 5.82 Å². The van der Waals surface area contributed by atoms with Crippen LogP contribution in [0.1, 0.15) is 28.8 Å². The summed E-state index contributed by atoms with van der Waals surface area (Å²) in [5, 5.41) is 12.9. The van der Waals surface area contributed by atoms with Crippen molar-refractivity contribution in [1.29, 1.82) is 0 Å². The largest absolute Gasteiger partial charge is 0.349 e. The van der Waals surface area contributed by atoms with Crippen LogP contribution in [0.2, 0.25) is 5.02 Å². The molecule has 3 aromatic rings. The van der Waals surface area contributed by atoms with E-state index in [0.29, 0.717) is 22.1 Å². The molecule has 1 aromatic carbocycles. The topological polar surface area (TPSA) is 101 Å². The summed E-state index contributed by atoms with van der Waals surface area (Å²) >= 11 is 6.13. The Morgan fingerprint density at radius 1 is 1.17 bits per heavy atom. The first-order valence-electron chi connectivity index (χ1n) is 9.19. The lowest BCUT2D eigenvalue weighted by Crippen LogP contribution is -2.29. The van der Waals surface area contributed by atoms with Crippen LogP contribution in [0.3, 0.4) is 0 Å². The smallest absolute Gasteiger partial charge is 0.319 e. The maximum Gasteiger partial charge on any atom is 0.319 e. The van der Waals surface area contributed by atoms with Crippen LogP contribution >= 0.6 is 11.6 Å². The van der Waals surface area contributed by atoms with E-state index in [4.69, 9.17) is 11.6 Å². The van der Waals surface area contributed by atoms with Crippen molar-refractivity contribution in [3.05, 3.63) is 71.1 Å². The first kappa shape index (κ1) is 18.9. The standard InChI is InChI=1S/C20H19ClN6O2/c21-17-7-6-15(11-16(17)19(28)25-14-4-5-14)26-20(29)23-12-13-3-1-8-22-18(13)27-10-2-9-24-27/h1-3,6-11,14H,4-5,12H2,(H,25,28)(H2,23,26,29). The Balaban J connectivity index is 1.40. The van der Waals surface area contributed by atoms with Crippen LogP contribution in [-0.2, 0) is 6.54 Å². The number of anilines is 1. The van der Waals surface area contributed by atoms with Gasteiger partial charge in [-0.05, 0) is 43.2 Å². The van der Waals surface area contributed by atoms with Crippen molar-refractivity contribution in [3.8, 4) is 5.82 Å². The molecule has 0 atom stereocenters. The fourth-order valence-electron chi connectivity index (χ4n) is 2.79. The van der Waals surface area contributed by atoms with Gasteiger partial charge in [0, 0.05) is 42.4 Å². The number of benzene rings is 1. The summed E-state index contributed by atoms with van der Waals surface area (Å²) in [6.07, 6.45) is 7.09. The van der Waals surface area contributed by atoms with Gasteiger partial charge >= 0.3 is 6.03 Å². The summed E-state index contributed by atoms with van der Waals surface area (Å²) in [5.41, 5.74) is 1.63. The molecule has 9 heteroatoms. The van der Waals surface area contributed by atoms with Crippen LogP contribution in [0, 0.1) is 0 Å². The Morgan fingerprint density at radius 2 is 2.03 bits per heavy atom. The van der Waals surface area contributed by atoms with Gasteiger partial charge in [-0.25, -0.2) is 14.5 Å². The van der Waals surface area contributed by atoms with Crippen LogP contribution in [-0.4, -0.2) is 32.7 Å². The number of amides is 3. The van der Waals surface area contributed by atoms with E-state index >= 15 is 0 Å². The lowest BCUT2D eigenvalue weighted by molar-refractivity contribution is 0.0951. The summed E-state index contributed by atoms with van der Waals surface area (Å²) in [7, 11) is 0. The molecule has 0 radical (unpaired) electrons. The van der Waals surface area contributed by atoms with Gasteiger partial charge in [-0.1, -0.05) is 17.7 Å². The molecule has 148 valence electrons. The second kappa shape index (κ2) is 8.32. The fourth-order valence-corrected chi connectivity index (χ4v) is 2.99. The minimum absolute atomic E-state index is 0.224. The van der Waals surface area contributed by atoms with E-state index in [9.17, 15) is 9.59 Å². The number of rotatable bonds is 6. The Labute approximate surface area is 172 Å². The minimum atomic E-state index is -0.406. The maximum atomic E-state index is 12.3. The number of hydrogen-bond acceptors (Lipinski definition) is 4. The normalized spacial score (nSPS) is 13.0. The van der Waals surface area contributed by atoms with Crippen molar-refractivity contribution < 1.29 is 9.59 Å². The molecule has 1 fully saturated rings. The molecule has 3 amide bonds. The van der Waals surface area contributed by atoms with Crippen LogP contribution < -0.4 is 16.0 Å². The zero-order valence-corrected chi connectivity index (χ0v) is 16.2. The van der Waals surface area contributed by atoms with Gasteiger partial charge in [0.15, 0.2) is 5.82 Å². The molecule has 4 rings (SSSR count). The van der Waals surface area contributed by atoms with Crippen molar-refractivity contribution in [2.45, 2.75) is 25.4 Å². The van der Waals surface area contributed by atoms with E-state index in [2.05, 4.69) is 26.0 Å². The lowest BCUT2D eigenvalue weighted by atomic mass is 10.2. The van der Waals surface area contributed by atoms with Gasteiger partial charge in [-0.15, -0.1) is 0 Å². The minimum Gasteiger partial charge on any atom is -0.349 e. The van der Waals surface area contributed by atoms with Crippen molar-refractivity contribution in [1.82, 2.24) is 25.4 Å². The zero-order chi connectivity index (χ0) is 20.2. The van der Waals surface area contributed by atoms with Crippen molar-refractivity contribution in [2.75, 3.05) is 5.32 Å². The molecule has 0 aliphatic heterocycles. The third-order valence-electron chi connectivity index (χ3n) is 4.41. The summed E-state index contributed by atoms with van der Waals surface area (Å²) in [5.74, 6) is 0.407. The molecular formula is C20H19ClN6O2. The van der Waals surface area contributed by atoms with Crippen molar-refractivity contribution in [2.24, 2.45) is 0 Å². The predicted octanol–water partition coefficient (Wildman–Crippen LogP) is 3.13. The Bertz CT molecular complexity index is 1030. The fraction of sp³-hybridized carbons (Fsp3) is 0.200. The van der Waals surface area contributed by atoms with Crippen LogP contribution in [0.5, 0.6) is 0 Å². The van der Waals surface area contributed by atoms with E-state index in [0.717, 1.165) is 18.4 Å². The quantitative estimate of drug-likeness (QED) is 0.581. The second-order valence-electron chi connectivity index (χ2n) is 6.69. The highest BCUT2D eigenvalue weighted by Gasteiger charge is 2.24. The van der Waals surface area contributed by atoms with Crippen molar-refractivity contribution >= 4 is 29.2 Å². The van der Waals surface area contributed by atoms with Gasteiger partial charge in [0.25, 0.3) is 5.91 Å². The average molecular weight is 411 g/mol. The Kier molecular flexibility index (Phi) is 5.44. The van der Waals surface area contributed by atoms with Crippen LogP contribution in [0.15, 0.2) is 55.0 Å². The number of hydrogen-bond donors (Lipinski definition) is 3. The molecule has 2 heterocycles. The molecule has 1 aliphatic carbocycles. The number of pyridine rings is 1. The molecule has 1 aliphatic rings. The molecule has 8 nitrogen and oxygen atoms in total. The van der Waals surface area contributed by atoms with Gasteiger partial charge in [-0.3, -0.25) is 4.79 Å². The van der Waals surface area contributed by atoms with Gasteiger partial charge in [0.1, 0.15) is 0 Å². The van der Waals surface area contributed by atoms with E-state index in [-0.39, 0.29) is 18.5 Å². The highest BCUT2D eigenvalue weighted by Crippen LogP contribution is 2.24. The van der Waals surface area contributed by atoms with E-state index in [1.807, 2.05) is 6.07 Å². The molecule has 2 aromatic heterocycles. The predicted molar refractivity (Wildman–Crippen MR) is 109 cm³/mol. The molecule has 0 unspecified atom stereocenters. The number of nitrogens with zero attached hydrogens (tertiary/aromatic N) is 3. The SMILES string of the molecule is O=C(NCc1cccnc1-n1cccn1)Nc1ccc(Cl)c(C(=O)NC2CC2)c1. The molecule has 0 spiro atoms. The third-order valence-corrected chi connectivity index (χ3v) is 4.74. The first-order valence-corrected chi connectivity index (χ1v) is 9.57. The average Bonchev–Trinajstić information content (AvgIpc) is 3.36. The molecule has 0 bridgehead atoms. The molecule has 0 saturated heterocycles. The monoisotopic (exact) mass is 410 g/mol. The van der Waals surface area contributed by atoms with Gasteiger partial charge in [0.2, 0.25) is 0 Å². The van der Waals surface area contributed by atoms with Crippen LogP contribution in [0.4, 0.5) is 10.5 Å². The van der Waals surface area contributed by atoms with Gasteiger partial charge < -0.3 is 16.0 Å². The molecular weight excluding hydrogens is 392 g/mol. The number of carbonyl (C=O) groups is 2. The Morgan fingerprint density at radius 3 is 2.79 bits per heavy atom.